The van der Waals surface area contributed by atoms with Gasteiger partial charge in [-0.05, 0) is 48.5 Å². The first-order chi connectivity index (χ1) is 14.1. The van der Waals surface area contributed by atoms with Gasteiger partial charge in [0.25, 0.3) is 0 Å². The van der Waals surface area contributed by atoms with Crippen LogP contribution in [0.25, 0.3) is 0 Å². The molecule has 0 radical (unpaired) electrons. The van der Waals surface area contributed by atoms with Crippen molar-refractivity contribution >= 4 is 14.1 Å². The third-order valence-corrected chi connectivity index (χ3v) is 13.7. The number of ether oxygens (including phenoxy) is 1. The Morgan fingerprint density at radius 1 is 0.933 bits per heavy atom. The Morgan fingerprint density at radius 2 is 1.47 bits per heavy atom. The SMILES string of the molecule is COC1=C[C@]2(C)CCCCCCCC[C@H](O[Si](C(C)C)(C(C)C)C(C)C)C(=C1)C2=O. The molecular formula is C26H46O3Si. The molecule has 0 heterocycles. The number of hydrogen-bond acceptors (Lipinski definition) is 3. The van der Waals surface area contributed by atoms with Crippen LogP contribution in [0.1, 0.15) is 99.8 Å². The standard InChI is InChI=1S/C26H46O3Si/c1-19(2)30(20(3)4,21(5)6)29-24-15-13-11-9-10-12-14-16-26(7)18-22(28-8)17-23(24)25(26)27/h17-21,24H,9-16H2,1-8H3/t24-,26-/m0/s1. The van der Waals surface area contributed by atoms with Gasteiger partial charge in [-0.3, -0.25) is 4.79 Å². The summed E-state index contributed by atoms with van der Waals surface area (Å²) in [6.07, 6.45) is 13.0. The van der Waals surface area contributed by atoms with E-state index in [9.17, 15) is 4.79 Å². The summed E-state index contributed by atoms with van der Waals surface area (Å²) in [7, 11) is -0.388. The minimum absolute atomic E-state index is 0.117. The number of fused-ring (bicyclic) bond motifs is 2. The van der Waals surface area contributed by atoms with Crippen LogP contribution in [0.2, 0.25) is 16.6 Å². The molecule has 4 heteroatoms. The number of carbonyl (C=O) groups is 1. The van der Waals surface area contributed by atoms with Gasteiger partial charge in [-0.25, -0.2) is 0 Å². The molecule has 172 valence electrons. The highest BCUT2D eigenvalue weighted by Crippen LogP contribution is 2.46. The maximum atomic E-state index is 13.8. The number of methoxy groups -OCH3 is 1. The van der Waals surface area contributed by atoms with Crippen LogP contribution in [-0.2, 0) is 14.0 Å². The fourth-order valence-electron chi connectivity index (χ4n) is 5.97. The number of Topliss-reactive ketones (excluding diaryl/α,β-unsaturated/α-hetero) is 1. The third kappa shape index (κ3) is 5.30. The molecule has 0 aromatic heterocycles. The highest BCUT2D eigenvalue weighted by molar-refractivity contribution is 6.77. The average Bonchev–Trinajstić information content (AvgIpc) is 2.67. The van der Waals surface area contributed by atoms with Crippen molar-refractivity contribution in [2.24, 2.45) is 5.41 Å². The molecule has 1 saturated carbocycles. The van der Waals surface area contributed by atoms with Gasteiger partial charge >= 0.3 is 0 Å². The Hall–Kier alpha value is -0.873. The van der Waals surface area contributed by atoms with E-state index in [0.29, 0.717) is 16.6 Å². The van der Waals surface area contributed by atoms with Crippen LogP contribution in [0.3, 0.4) is 0 Å². The van der Waals surface area contributed by atoms with Crippen molar-refractivity contribution in [3.05, 3.63) is 23.5 Å². The van der Waals surface area contributed by atoms with E-state index in [2.05, 4.69) is 54.5 Å². The normalized spacial score (nSPS) is 26.9. The number of carbonyl (C=O) groups excluding carboxylic acids is 1. The van der Waals surface area contributed by atoms with Crippen LogP contribution in [0.5, 0.6) is 0 Å². The Morgan fingerprint density at radius 3 is 2.00 bits per heavy atom. The fraction of sp³-hybridized carbons (Fsp3) is 0.808. The zero-order valence-electron chi connectivity index (χ0n) is 20.8. The van der Waals surface area contributed by atoms with Crippen LogP contribution in [0, 0.1) is 5.41 Å². The Bertz CT molecular complexity index is 625. The van der Waals surface area contributed by atoms with Crippen molar-refractivity contribution < 1.29 is 14.0 Å². The number of allylic oxidation sites excluding steroid dienone is 2. The fourth-order valence-corrected chi connectivity index (χ4v) is 11.5. The monoisotopic (exact) mass is 434 g/mol. The maximum absolute atomic E-state index is 13.8. The van der Waals surface area contributed by atoms with E-state index in [1.807, 2.05) is 6.08 Å². The van der Waals surface area contributed by atoms with Gasteiger partial charge in [0.15, 0.2) is 5.78 Å². The Kier molecular flexibility index (Phi) is 9.00. The molecule has 0 spiro atoms. The lowest BCUT2D eigenvalue weighted by molar-refractivity contribution is -0.123. The molecule has 0 aromatic rings. The second-order valence-corrected chi connectivity index (χ2v) is 16.1. The molecule has 0 unspecified atom stereocenters. The summed E-state index contributed by atoms with van der Waals surface area (Å²) >= 11 is 0. The molecular weight excluding hydrogens is 388 g/mol. The van der Waals surface area contributed by atoms with Crippen molar-refractivity contribution in [3.63, 3.8) is 0 Å². The molecule has 2 atom stereocenters. The van der Waals surface area contributed by atoms with Gasteiger partial charge in [-0.15, -0.1) is 0 Å². The minimum Gasteiger partial charge on any atom is -0.497 e. The van der Waals surface area contributed by atoms with Crippen molar-refractivity contribution in [2.45, 2.75) is 123 Å². The van der Waals surface area contributed by atoms with E-state index in [4.69, 9.17) is 9.16 Å². The van der Waals surface area contributed by atoms with E-state index in [0.717, 1.165) is 37.0 Å². The predicted octanol–water partition coefficient (Wildman–Crippen LogP) is 7.73. The van der Waals surface area contributed by atoms with Crippen molar-refractivity contribution in [2.75, 3.05) is 7.11 Å². The van der Waals surface area contributed by atoms with Crippen LogP contribution in [-0.4, -0.2) is 27.3 Å². The van der Waals surface area contributed by atoms with Gasteiger partial charge < -0.3 is 9.16 Å². The van der Waals surface area contributed by atoms with Gasteiger partial charge in [0.2, 0.25) is 8.32 Å². The molecule has 0 saturated heterocycles. The highest BCUT2D eigenvalue weighted by atomic mass is 28.4. The lowest BCUT2D eigenvalue weighted by atomic mass is 9.73. The molecule has 2 rings (SSSR count). The molecule has 0 N–H and O–H groups in total. The zero-order valence-corrected chi connectivity index (χ0v) is 21.8. The number of ketones is 1. The summed E-state index contributed by atoms with van der Waals surface area (Å²) in [5, 5.41) is 0. The molecule has 1 fully saturated rings. The second-order valence-electron chi connectivity index (χ2n) is 10.7. The molecule has 30 heavy (non-hydrogen) atoms. The summed E-state index contributed by atoms with van der Waals surface area (Å²) in [6, 6.07) is 0. The summed E-state index contributed by atoms with van der Waals surface area (Å²) < 4.78 is 12.9. The van der Waals surface area contributed by atoms with Crippen LogP contribution < -0.4 is 0 Å². The Labute approximate surface area is 186 Å². The van der Waals surface area contributed by atoms with E-state index in [1.165, 1.54) is 25.7 Å². The molecule has 0 aromatic carbocycles. The van der Waals surface area contributed by atoms with Crippen molar-refractivity contribution in [1.29, 1.82) is 0 Å². The number of hydrogen-bond donors (Lipinski definition) is 0. The largest absolute Gasteiger partial charge is 0.497 e. The first kappa shape index (κ1) is 25.4. The van der Waals surface area contributed by atoms with E-state index in [-0.39, 0.29) is 11.9 Å². The quantitative estimate of drug-likeness (QED) is 0.401. The summed E-state index contributed by atoms with van der Waals surface area (Å²) in [6.45, 7) is 16.0. The van der Waals surface area contributed by atoms with Crippen LogP contribution >= 0.6 is 0 Å². The van der Waals surface area contributed by atoms with Crippen LogP contribution in [0.15, 0.2) is 23.5 Å². The maximum Gasteiger partial charge on any atom is 0.201 e. The lowest BCUT2D eigenvalue weighted by Gasteiger charge is -2.46. The Balaban J connectivity index is 2.51. The van der Waals surface area contributed by atoms with E-state index >= 15 is 0 Å². The smallest absolute Gasteiger partial charge is 0.201 e. The number of rotatable bonds is 6. The van der Waals surface area contributed by atoms with Gasteiger partial charge in [-0.1, -0.05) is 80.1 Å². The summed E-state index contributed by atoms with van der Waals surface area (Å²) in [5.74, 6) is 1.08. The van der Waals surface area contributed by atoms with Gasteiger partial charge in [0, 0.05) is 5.57 Å². The third-order valence-electron chi connectivity index (χ3n) is 7.59. The molecule has 3 nitrogen and oxygen atoms in total. The van der Waals surface area contributed by atoms with Gasteiger partial charge in [-0.2, -0.15) is 0 Å². The minimum atomic E-state index is -2.10. The summed E-state index contributed by atoms with van der Waals surface area (Å²) in [5.41, 5.74) is 1.88. The van der Waals surface area contributed by atoms with Crippen molar-refractivity contribution in [3.8, 4) is 0 Å². The zero-order chi connectivity index (χ0) is 22.5. The highest BCUT2D eigenvalue weighted by Gasteiger charge is 2.48. The lowest BCUT2D eigenvalue weighted by Crippen LogP contribution is -2.51. The van der Waals surface area contributed by atoms with Gasteiger partial charge in [0.05, 0.1) is 18.6 Å². The topological polar surface area (TPSA) is 35.5 Å². The molecule has 2 aliphatic rings. The van der Waals surface area contributed by atoms with E-state index in [1.54, 1.807) is 7.11 Å². The average molecular weight is 435 g/mol. The predicted molar refractivity (Wildman–Crippen MR) is 129 cm³/mol. The van der Waals surface area contributed by atoms with Crippen LogP contribution in [0.4, 0.5) is 0 Å². The first-order valence-electron chi connectivity index (χ1n) is 12.3. The van der Waals surface area contributed by atoms with Crippen molar-refractivity contribution in [1.82, 2.24) is 0 Å². The van der Waals surface area contributed by atoms with Gasteiger partial charge in [0.1, 0.15) is 5.76 Å². The first-order valence-corrected chi connectivity index (χ1v) is 14.4. The molecule has 2 bridgehead atoms. The molecule has 0 aliphatic heterocycles. The molecule has 0 amide bonds. The second kappa shape index (κ2) is 10.6. The molecule has 2 aliphatic carbocycles. The van der Waals surface area contributed by atoms with E-state index < -0.39 is 13.7 Å². The summed E-state index contributed by atoms with van der Waals surface area (Å²) in [4.78, 5) is 13.8.